The summed E-state index contributed by atoms with van der Waals surface area (Å²) in [6, 6.07) is 20.2. The molecule has 158 valence electrons. The number of aromatic nitrogens is 1. The molecule has 5 rings (SSSR count). The molecule has 0 bridgehead atoms. The minimum atomic E-state index is 0.0234. The molecule has 0 aliphatic carbocycles. The van der Waals surface area contributed by atoms with E-state index in [9.17, 15) is 4.79 Å². The number of ether oxygens (including phenoxy) is 2. The average Bonchev–Trinajstić information content (AvgIpc) is 3.43. The van der Waals surface area contributed by atoms with Crippen LogP contribution in [0.15, 0.2) is 60.7 Å². The predicted octanol–water partition coefficient (Wildman–Crippen LogP) is 5.91. The van der Waals surface area contributed by atoms with E-state index >= 15 is 0 Å². The summed E-state index contributed by atoms with van der Waals surface area (Å²) in [6.07, 6.45) is 2.27. The van der Waals surface area contributed by atoms with Gasteiger partial charge in [0.15, 0.2) is 5.78 Å². The first-order valence-corrected chi connectivity index (χ1v) is 11.1. The number of aryl methyl sites for hydroxylation is 2. The van der Waals surface area contributed by atoms with E-state index < -0.39 is 0 Å². The van der Waals surface area contributed by atoms with E-state index in [-0.39, 0.29) is 11.9 Å². The van der Waals surface area contributed by atoms with Gasteiger partial charge in [-0.2, -0.15) is 0 Å². The van der Waals surface area contributed by atoms with Crippen molar-refractivity contribution in [3.05, 3.63) is 77.4 Å². The lowest BCUT2D eigenvalue weighted by atomic mass is 9.97. The van der Waals surface area contributed by atoms with Crippen molar-refractivity contribution in [3.63, 3.8) is 0 Å². The maximum absolute atomic E-state index is 13.4. The second-order valence-electron chi connectivity index (χ2n) is 8.25. The molecular weight excluding hydrogens is 386 g/mol. The van der Waals surface area contributed by atoms with Crippen molar-refractivity contribution in [1.82, 2.24) is 4.57 Å². The molecule has 3 aromatic carbocycles. The summed E-state index contributed by atoms with van der Waals surface area (Å²) in [5.74, 6) is 0.739. The number of rotatable bonds is 6. The lowest BCUT2D eigenvalue weighted by Crippen LogP contribution is -2.16. The van der Waals surface area contributed by atoms with Crippen molar-refractivity contribution in [1.29, 1.82) is 0 Å². The van der Waals surface area contributed by atoms with Gasteiger partial charge in [-0.25, -0.2) is 0 Å². The molecule has 31 heavy (non-hydrogen) atoms. The number of carbonyl (C=O) groups is 1. The summed E-state index contributed by atoms with van der Waals surface area (Å²) in [5.41, 5.74) is 4.69. The fourth-order valence-electron chi connectivity index (χ4n) is 4.59. The third-order valence-electron chi connectivity index (χ3n) is 6.26. The molecule has 1 atom stereocenters. The van der Waals surface area contributed by atoms with E-state index in [0.29, 0.717) is 23.5 Å². The topological polar surface area (TPSA) is 40.5 Å². The highest BCUT2D eigenvalue weighted by molar-refractivity contribution is 6.15. The molecule has 0 amide bonds. The monoisotopic (exact) mass is 413 g/mol. The maximum Gasteiger partial charge on any atom is 0.193 e. The molecule has 0 N–H and O–H groups in total. The first-order valence-electron chi connectivity index (χ1n) is 11.1. The van der Waals surface area contributed by atoms with Gasteiger partial charge in [0.2, 0.25) is 0 Å². The number of para-hydroxylation sites is 1. The summed E-state index contributed by atoms with van der Waals surface area (Å²) in [7, 11) is 0. The van der Waals surface area contributed by atoms with Crippen LogP contribution in [0, 0.1) is 6.92 Å². The quantitative estimate of drug-likeness (QED) is 0.369. The van der Waals surface area contributed by atoms with Crippen molar-refractivity contribution in [2.24, 2.45) is 0 Å². The fourth-order valence-corrected chi connectivity index (χ4v) is 4.59. The smallest absolute Gasteiger partial charge is 0.193 e. The van der Waals surface area contributed by atoms with Crippen LogP contribution in [0.4, 0.5) is 0 Å². The fraction of sp³-hybridized carbons (Fsp3) is 0.296. The van der Waals surface area contributed by atoms with Crippen LogP contribution in [0.3, 0.4) is 0 Å². The number of nitrogens with zero attached hydrogens (tertiary/aromatic N) is 1. The number of hydrogen-bond acceptors (Lipinski definition) is 3. The molecule has 1 aliphatic rings. The molecule has 0 spiro atoms. The standard InChI is InChI=1S/C27H27NO3/c1-3-28-25-9-5-4-8-22(25)24-15-19(11-13-26(24)28)27(29)23-16-20(12-10-18(23)2)31-17-21-7-6-14-30-21/h4-5,8-13,15-16,21H,3,6-7,14,17H2,1-2H3. The van der Waals surface area contributed by atoms with Crippen LogP contribution in [-0.4, -0.2) is 29.7 Å². The van der Waals surface area contributed by atoms with E-state index in [1.54, 1.807) is 0 Å². The van der Waals surface area contributed by atoms with E-state index in [0.717, 1.165) is 42.5 Å². The Balaban J connectivity index is 1.49. The lowest BCUT2D eigenvalue weighted by molar-refractivity contribution is 0.0679. The van der Waals surface area contributed by atoms with Gasteiger partial charge in [-0.15, -0.1) is 0 Å². The van der Waals surface area contributed by atoms with Crippen LogP contribution in [0.25, 0.3) is 21.8 Å². The SMILES string of the molecule is CCn1c2ccccc2c2cc(C(=O)c3cc(OCC4CCCO4)ccc3C)ccc21. The summed E-state index contributed by atoms with van der Waals surface area (Å²) < 4.78 is 13.9. The Morgan fingerprint density at radius 1 is 1.06 bits per heavy atom. The summed E-state index contributed by atoms with van der Waals surface area (Å²) in [5, 5.41) is 2.30. The zero-order chi connectivity index (χ0) is 21.4. The first kappa shape index (κ1) is 19.8. The van der Waals surface area contributed by atoms with Crippen molar-refractivity contribution in [2.75, 3.05) is 13.2 Å². The molecular formula is C27H27NO3. The van der Waals surface area contributed by atoms with Crippen LogP contribution in [0.5, 0.6) is 5.75 Å². The first-order chi connectivity index (χ1) is 15.2. The van der Waals surface area contributed by atoms with E-state index in [1.165, 1.54) is 10.9 Å². The normalized spacial score (nSPS) is 16.3. The van der Waals surface area contributed by atoms with Gasteiger partial charge in [-0.05, 0) is 68.7 Å². The van der Waals surface area contributed by atoms with Crippen molar-refractivity contribution in [3.8, 4) is 5.75 Å². The zero-order valence-electron chi connectivity index (χ0n) is 18.1. The van der Waals surface area contributed by atoms with Gasteiger partial charge < -0.3 is 14.0 Å². The highest BCUT2D eigenvalue weighted by Gasteiger charge is 2.18. The molecule has 1 fully saturated rings. The van der Waals surface area contributed by atoms with Gasteiger partial charge in [0.25, 0.3) is 0 Å². The Morgan fingerprint density at radius 3 is 2.71 bits per heavy atom. The number of hydrogen-bond donors (Lipinski definition) is 0. The summed E-state index contributed by atoms with van der Waals surface area (Å²) in [4.78, 5) is 13.4. The van der Waals surface area contributed by atoms with Crippen LogP contribution in [-0.2, 0) is 11.3 Å². The number of fused-ring (bicyclic) bond motifs is 3. The largest absolute Gasteiger partial charge is 0.491 e. The van der Waals surface area contributed by atoms with Crippen LogP contribution in [0.2, 0.25) is 0 Å². The van der Waals surface area contributed by atoms with E-state index in [4.69, 9.17) is 9.47 Å². The summed E-state index contributed by atoms with van der Waals surface area (Å²) in [6.45, 7) is 6.34. The summed E-state index contributed by atoms with van der Waals surface area (Å²) >= 11 is 0. The molecule has 1 unspecified atom stereocenters. The van der Waals surface area contributed by atoms with Crippen molar-refractivity contribution >= 4 is 27.6 Å². The van der Waals surface area contributed by atoms with Crippen LogP contribution in [0.1, 0.15) is 41.3 Å². The average molecular weight is 414 g/mol. The molecule has 0 radical (unpaired) electrons. The molecule has 4 aromatic rings. The van der Waals surface area contributed by atoms with Gasteiger partial charge in [-0.3, -0.25) is 4.79 Å². The predicted molar refractivity (Wildman–Crippen MR) is 124 cm³/mol. The molecule has 2 heterocycles. The molecule has 4 heteroatoms. The van der Waals surface area contributed by atoms with Crippen LogP contribution >= 0.6 is 0 Å². The van der Waals surface area contributed by atoms with E-state index in [1.807, 2.05) is 37.3 Å². The van der Waals surface area contributed by atoms with Gasteiger partial charge in [0, 0.05) is 46.1 Å². The second kappa shape index (κ2) is 8.20. The molecule has 1 saturated heterocycles. The Hall–Kier alpha value is -3.11. The number of ketones is 1. The van der Waals surface area contributed by atoms with Gasteiger partial charge in [0.05, 0.1) is 6.10 Å². The third-order valence-corrected chi connectivity index (χ3v) is 6.26. The Labute approximate surface area is 182 Å². The van der Waals surface area contributed by atoms with Crippen molar-refractivity contribution < 1.29 is 14.3 Å². The number of carbonyl (C=O) groups excluding carboxylic acids is 1. The molecule has 0 saturated carbocycles. The Morgan fingerprint density at radius 2 is 1.90 bits per heavy atom. The number of benzene rings is 3. The van der Waals surface area contributed by atoms with Gasteiger partial charge in [0.1, 0.15) is 12.4 Å². The third kappa shape index (κ3) is 3.61. The van der Waals surface area contributed by atoms with E-state index in [2.05, 4.69) is 41.8 Å². The second-order valence-corrected chi connectivity index (χ2v) is 8.25. The molecule has 4 nitrogen and oxygen atoms in total. The highest BCUT2D eigenvalue weighted by atomic mass is 16.5. The van der Waals surface area contributed by atoms with Gasteiger partial charge in [-0.1, -0.05) is 24.3 Å². The Bertz CT molecular complexity index is 1260. The molecule has 1 aromatic heterocycles. The van der Waals surface area contributed by atoms with Crippen LogP contribution < -0.4 is 4.74 Å². The van der Waals surface area contributed by atoms with Gasteiger partial charge >= 0.3 is 0 Å². The maximum atomic E-state index is 13.4. The zero-order valence-corrected chi connectivity index (χ0v) is 18.1. The minimum Gasteiger partial charge on any atom is -0.491 e. The highest BCUT2D eigenvalue weighted by Crippen LogP contribution is 2.31. The molecule has 1 aliphatic heterocycles. The van der Waals surface area contributed by atoms with Crippen molar-refractivity contribution in [2.45, 2.75) is 39.3 Å². The Kier molecular flexibility index (Phi) is 5.24. The minimum absolute atomic E-state index is 0.0234. The lowest BCUT2D eigenvalue weighted by Gasteiger charge is -2.13.